The van der Waals surface area contributed by atoms with E-state index in [4.69, 9.17) is 32.7 Å². The van der Waals surface area contributed by atoms with Crippen molar-refractivity contribution < 1.29 is 14.3 Å². The lowest BCUT2D eigenvalue weighted by atomic mass is 9.73. The number of rotatable bonds is 6. The molecule has 1 N–H and O–H groups in total. The maximum atomic E-state index is 13.3. The Kier molecular flexibility index (Phi) is 7.04. The van der Waals surface area contributed by atoms with Gasteiger partial charge in [0.05, 0.1) is 12.0 Å². The molecule has 1 amide bonds. The molecule has 0 radical (unpaired) electrons. The number of carbonyl (C=O) groups excluding carboxylic acids is 1. The van der Waals surface area contributed by atoms with Crippen molar-refractivity contribution in [3.63, 3.8) is 0 Å². The maximum Gasteiger partial charge on any atom is 0.235 e. The van der Waals surface area contributed by atoms with Gasteiger partial charge < -0.3 is 14.8 Å². The van der Waals surface area contributed by atoms with Crippen LogP contribution in [-0.2, 0) is 14.9 Å². The molecule has 0 unspecified atom stereocenters. The zero-order valence-corrected chi connectivity index (χ0v) is 17.7. The number of halogens is 3. The van der Waals surface area contributed by atoms with Gasteiger partial charge in [0.1, 0.15) is 5.75 Å². The van der Waals surface area contributed by atoms with Crippen molar-refractivity contribution in [2.24, 2.45) is 0 Å². The van der Waals surface area contributed by atoms with E-state index in [1.807, 2.05) is 30.3 Å². The predicted molar refractivity (Wildman–Crippen MR) is 113 cm³/mol. The van der Waals surface area contributed by atoms with Crippen molar-refractivity contribution >= 4 is 50.7 Å². The third kappa shape index (κ3) is 4.77. The first-order chi connectivity index (χ1) is 13.0. The van der Waals surface area contributed by atoms with Crippen LogP contribution in [0.5, 0.6) is 5.75 Å². The van der Waals surface area contributed by atoms with Gasteiger partial charge in [0.25, 0.3) is 0 Å². The number of carbonyl (C=O) groups is 1. The van der Waals surface area contributed by atoms with E-state index in [0.29, 0.717) is 48.4 Å². The van der Waals surface area contributed by atoms with Gasteiger partial charge in [0, 0.05) is 34.3 Å². The third-order valence-electron chi connectivity index (χ3n) is 4.69. The molecule has 0 aliphatic carbocycles. The van der Waals surface area contributed by atoms with Crippen molar-refractivity contribution in [1.29, 1.82) is 0 Å². The van der Waals surface area contributed by atoms with Gasteiger partial charge in [0.15, 0.2) is 0 Å². The van der Waals surface area contributed by atoms with Gasteiger partial charge in [-0.1, -0.05) is 45.2 Å². The van der Waals surface area contributed by atoms with Crippen molar-refractivity contribution in [3.05, 3.63) is 58.1 Å². The van der Waals surface area contributed by atoms with E-state index in [1.165, 1.54) is 0 Å². The van der Waals surface area contributed by atoms with Gasteiger partial charge in [-0.25, -0.2) is 0 Å². The molecule has 1 saturated heterocycles. The molecule has 1 heterocycles. The van der Waals surface area contributed by atoms with Crippen molar-refractivity contribution in [3.8, 4) is 5.75 Å². The van der Waals surface area contributed by atoms with Gasteiger partial charge in [-0.15, -0.1) is 0 Å². The van der Waals surface area contributed by atoms with E-state index in [0.717, 1.165) is 16.6 Å². The van der Waals surface area contributed by atoms with Crippen LogP contribution in [-0.4, -0.2) is 31.1 Å². The second kappa shape index (κ2) is 9.28. The van der Waals surface area contributed by atoms with Crippen molar-refractivity contribution in [1.82, 2.24) is 0 Å². The number of ether oxygens (including phenoxy) is 2. The highest BCUT2D eigenvalue weighted by Gasteiger charge is 2.43. The molecule has 7 heteroatoms. The SMILES string of the molecule is O=C(Nc1ccc(OCCBr)cc1)C1(c2ccc(Cl)cc2Cl)CCOCC1. The van der Waals surface area contributed by atoms with Gasteiger partial charge in [-0.05, 0) is 54.8 Å². The molecule has 1 aliphatic heterocycles. The summed E-state index contributed by atoms with van der Waals surface area (Å²) in [4.78, 5) is 13.3. The maximum absolute atomic E-state index is 13.3. The summed E-state index contributed by atoms with van der Waals surface area (Å²) in [5, 5.41) is 4.83. The Morgan fingerprint density at radius 3 is 2.48 bits per heavy atom. The molecule has 0 aromatic heterocycles. The van der Waals surface area contributed by atoms with E-state index in [1.54, 1.807) is 12.1 Å². The van der Waals surface area contributed by atoms with Crippen LogP contribution < -0.4 is 10.1 Å². The summed E-state index contributed by atoms with van der Waals surface area (Å²) < 4.78 is 11.0. The van der Waals surface area contributed by atoms with Crippen molar-refractivity contribution in [2.75, 3.05) is 30.5 Å². The van der Waals surface area contributed by atoms with Crippen LogP contribution in [0.2, 0.25) is 10.0 Å². The number of hydrogen-bond donors (Lipinski definition) is 1. The Bertz CT molecular complexity index is 792. The molecule has 1 fully saturated rings. The number of benzene rings is 2. The average molecular weight is 473 g/mol. The van der Waals surface area contributed by atoms with Crippen LogP contribution in [0, 0.1) is 0 Å². The zero-order chi connectivity index (χ0) is 19.3. The molecule has 144 valence electrons. The summed E-state index contributed by atoms with van der Waals surface area (Å²) in [5.41, 5.74) is 0.749. The largest absolute Gasteiger partial charge is 0.493 e. The van der Waals surface area contributed by atoms with E-state index in [-0.39, 0.29) is 5.91 Å². The van der Waals surface area contributed by atoms with Gasteiger partial charge in [0.2, 0.25) is 5.91 Å². The number of hydrogen-bond acceptors (Lipinski definition) is 3. The number of nitrogens with one attached hydrogen (secondary N) is 1. The monoisotopic (exact) mass is 471 g/mol. The molecule has 0 atom stereocenters. The summed E-state index contributed by atoms with van der Waals surface area (Å²) in [7, 11) is 0. The Morgan fingerprint density at radius 2 is 1.85 bits per heavy atom. The summed E-state index contributed by atoms with van der Waals surface area (Å²) >= 11 is 15.8. The lowest BCUT2D eigenvalue weighted by Gasteiger charge is -2.36. The lowest BCUT2D eigenvalue weighted by Crippen LogP contribution is -2.45. The minimum absolute atomic E-state index is 0.0934. The molecule has 4 nitrogen and oxygen atoms in total. The summed E-state index contributed by atoms with van der Waals surface area (Å²) in [6.07, 6.45) is 1.12. The molecular formula is C20H20BrCl2NO3. The molecule has 3 rings (SSSR count). The highest BCUT2D eigenvalue weighted by Crippen LogP contribution is 2.40. The molecule has 0 bridgehead atoms. The van der Waals surface area contributed by atoms with E-state index in [9.17, 15) is 4.79 Å². The lowest BCUT2D eigenvalue weighted by molar-refractivity contribution is -0.125. The van der Waals surface area contributed by atoms with E-state index < -0.39 is 5.41 Å². The molecular weight excluding hydrogens is 453 g/mol. The fraction of sp³-hybridized carbons (Fsp3) is 0.350. The van der Waals surface area contributed by atoms with Crippen LogP contribution >= 0.6 is 39.1 Å². The van der Waals surface area contributed by atoms with E-state index >= 15 is 0 Å². The predicted octanol–water partition coefficient (Wildman–Crippen LogP) is 5.45. The van der Waals surface area contributed by atoms with Gasteiger partial charge >= 0.3 is 0 Å². The first kappa shape index (κ1) is 20.5. The summed E-state index contributed by atoms with van der Waals surface area (Å²) in [5.74, 6) is 0.665. The Hall–Kier alpha value is -1.27. The minimum atomic E-state index is -0.745. The van der Waals surface area contributed by atoms with Crippen LogP contribution in [0.1, 0.15) is 18.4 Å². The van der Waals surface area contributed by atoms with Crippen LogP contribution in [0.3, 0.4) is 0 Å². The topological polar surface area (TPSA) is 47.6 Å². The van der Waals surface area contributed by atoms with E-state index in [2.05, 4.69) is 21.2 Å². The molecule has 0 spiro atoms. The number of anilines is 1. The second-order valence-electron chi connectivity index (χ2n) is 6.33. The number of amides is 1. The van der Waals surface area contributed by atoms with Gasteiger partial charge in [-0.3, -0.25) is 4.79 Å². The van der Waals surface area contributed by atoms with Crippen LogP contribution in [0.4, 0.5) is 5.69 Å². The fourth-order valence-electron chi connectivity index (χ4n) is 3.26. The van der Waals surface area contributed by atoms with Crippen molar-refractivity contribution in [2.45, 2.75) is 18.3 Å². The Balaban J connectivity index is 1.83. The van der Waals surface area contributed by atoms with Gasteiger partial charge in [-0.2, -0.15) is 0 Å². The Morgan fingerprint density at radius 1 is 1.15 bits per heavy atom. The Labute approximate surface area is 177 Å². The van der Waals surface area contributed by atoms with Crippen LogP contribution in [0.25, 0.3) is 0 Å². The first-order valence-corrected chi connectivity index (χ1v) is 10.6. The second-order valence-corrected chi connectivity index (χ2v) is 7.97. The smallest absolute Gasteiger partial charge is 0.235 e. The number of alkyl halides is 1. The molecule has 27 heavy (non-hydrogen) atoms. The van der Waals surface area contributed by atoms with Crippen LogP contribution in [0.15, 0.2) is 42.5 Å². The highest BCUT2D eigenvalue weighted by atomic mass is 79.9. The molecule has 1 aliphatic rings. The quantitative estimate of drug-likeness (QED) is 0.568. The first-order valence-electron chi connectivity index (χ1n) is 8.69. The zero-order valence-electron chi connectivity index (χ0n) is 14.6. The third-order valence-corrected chi connectivity index (χ3v) is 5.56. The standard InChI is InChI=1S/C20H20BrCl2NO3/c21-9-12-27-16-4-2-15(3-5-16)24-19(25)20(7-10-26-11-8-20)17-6-1-14(22)13-18(17)23/h1-6,13H,7-12H2,(H,24,25). The minimum Gasteiger partial charge on any atom is -0.493 e. The molecule has 2 aromatic rings. The summed E-state index contributed by atoms with van der Waals surface area (Å²) in [6, 6.07) is 12.6. The molecule has 2 aromatic carbocycles. The molecule has 0 saturated carbocycles. The summed E-state index contributed by atoms with van der Waals surface area (Å²) in [6.45, 7) is 1.60. The normalized spacial score (nSPS) is 16.0. The fourth-order valence-corrected chi connectivity index (χ4v) is 4.01. The average Bonchev–Trinajstić information content (AvgIpc) is 2.68. The highest BCUT2D eigenvalue weighted by molar-refractivity contribution is 9.09.